The SMILES string of the molecule is C=CCOc1ccc(C2C(C#N)=C(N)Oc3cc(OC(=O)c4cccc([N+](=O)[O-])c4)ccc32)cc1OC. The van der Waals surface area contributed by atoms with Crippen molar-refractivity contribution in [3.05, 3.63) is 112 Å². The van der Waals surface area contributed by atoms with Crippen molar-refractivity contribution in [1.82, 2.24) is 0 Å². The van der Waals surface area contributed by atoms with Crippen LogP contribution in [-0.4, -0.2) is 24.6 Å². The zero-order chi connectivity index (χ0) is 26.5. The van der Waals surface area contributed by atoms with Crippen LogP contribution in [0.5, 0.6) is 23.0 Å². The number of methoxy groups -OCH3 is 1. The molecule has 186 valence electrons. The van der Waals surface area contributed by atoms with Gasteiger partial charge in [-0.25, -0.2) is 4.79 Å². The Morgan fingerprint density at radius 3 is 2.73 bits per heavy atom. The summed E-state index contributed by atoms with van der Waals surface area (Å²) in [5.41, 5.74) is 7.39. The number of nitro benzene ring substituents is 1. The van der Waals surface area contributed by atoms with Crippen LogP contribution in [0.25, 0.3) is 0 Å². The van der Waals surface area contributed by atoms with Gasteiger partial charge in [-0.2, -0.15) is 5.26 Å². The number of carbonyl (C=O) groups excluding carboxylic acids is 1. The van der Waals surface area contributed by atoms with Crippen molar-refractivity contribution in [2.24, 2.45) is 5.73 Å². The highest BCUT2D eigenvalue weighted by Gasteiger charge is 2.32. The number of nitro groups is 1. The van der Waals surface area contributed by atoms with Crippen molar-refractivity contribution in [1.29, 1.82) is 5.26 Å². The van der Waals surface area contributed by atoms with Crippen molar-refractivity contribution in [2.45, 2.75) is 5.92 Å². The largest absolute Gasteiger partial charge is 0.493 e. The molecule has 0 fully saturated rings. The molecule has 0 spiro atoms. The van der Waals surface area contributed by atoms with E-state index in [2.05, 4.69) is 12.6 Å². The van der Waals surface area contributed by atoms with Gasteiger partial charge in [-0.3, -0.25) is 10.1 Å². The number of rotatable bonds is 8. The highest BCUT2D eigenvalue weighted by Crippen LogP contribution is 2.45. The summed E-state index contributed by atoms with van der Waals surface area (Å²) in [4.78, 5) is 23.0. The normalized spacial score (nSPS) is 14.0. The lowest BCUT2D eigenvalue weighted by molar-refractivity contribution is -0.384. The molecule has 4 rings (SSSR count). The molecule has 10 heteroatoms. The summed E-state index contributed by atoms with van der Waals surface area (Å²) in [6.07, 6.45) is 1.61. The summed E-state index contributed by atoms with van der Waals surface area (Å²) in [6, 6.07) is 17.3. The second-order valence-electron chi connectivity index (χ2n) is 7.83. The Hall–Kier alpha value is -5.30. The average molecular weight is 499 g/mol. The lowest BCUT2D eigenvalue weighted by Gasteiger charge is -2.27. The quantitative estimate of drug-likeness (QED) is 0.154. The molecule has 1 atom stereocenters. The van der Waals surface area contributed by atoms with Crippen LogP contribution in [0, 0.1) is 21.4 Å². The molecule has 1 unspecified atom stereocenters. The van der Waals surface area contributed by atoms with Crippen LogP contribution in [0.2, 0.25) is 0 Å². The molecule has 0 aromatic heterocycles. The molecular weight excluding hydrogens is 478 g/mol. The predicted octanol–water partition coefficient (Wildman–Crippen LogP) is 4.61. The first kappa shape index (κ1) is 24.8. The fourth-order valence-electron chi connectivity index (χ4n) is 3.89. The minimum Gasteiger partial charge on any atom is -0.493 e. The van der Waals surface area contributed by atoms with Gasteiger partial charge in [0.05, 0.1) is 23.5 Å². The number of benzene rings is 3. The van der Waals surface area contributed by atoms with E-state index >= 15 is 0 Å². The standard InChI is InChI=1S/C27H21N3O7/c1-3-11-35-22-10-7-16(13-24(22)34-2)25-20-9-8-19(14-23(20)37-26(29)21(25)15-28)36-27(31)17-5-4-6-18(12-17)30(32)33/h3-10,12-14,25H,1,11,29H2,2H3. The van der Waals surface area contributed by atoms with Crippen LogP contribution in [0.15, 0.2) is 84.8 Å². The number of hydrogen-bond donors (Lipinski definition) is 1. The van der Waals surface area contributed by atoms with Crippen LogP contribution < -0.4 is 24.7 Å². The maximum atomic E-state index is 12.6. The molecule has 10 nitrogen and oxygen atoms in total. The number of hydrogen-bond acceptors (Lipinski definition) is 9. The Bertz CT molecular complexity index is 1470. The number of nitriles is 1. The Balaban J connectivity index is 1.68. The van der Waals surface area contributed by atoms with Gasteiger partial charge in [0.2, 0.25) is 5.88 Å². The Morgan fingerprint density at radius 1 is 1.22 bits per heavy atom. The van der Waals surface area contributed by atoms with E-state index < -0.39 is 16.8 Å². The van der Waals surface area contributed by atoms with Gasteiger partial charge in [0.1, 0.15) is 29.7 Å². The second kappa shape index (κ2) is 10.5. The Morgan fingerprint density at radius 2 is 2.03 bits per heavy atom. The van der Waals surface area contributed by atoms with Crippen molar-refractivity contribution in [3.8, 4) is 29.1 Å². The molecule has 0 aliphatic carbocycles. The van der Waals surface area contributed by atoms with Crippen LogP contribution >= 0.6 is 0 Å². The number of esters is 1. The van der Waals surface area contributed by atoms with Crippen molar-refractivity contribution >= 4 is 11.7 Å². The van der Waals surface area contributed by atoms with Crippen LogP contribution in [-0.2, 0) is 0 Å². The van der Waals surface area contributed by atoms with E-state index in [-0.39, 0.29) is 34.2 Å². The van der Waals surface area contributed by atoms with Gasteiger partial charge in [0.25, 0.3) is 5.69 Å². The minimum absolute atomic E-state index is 0.0164. The van der Waals surface area contributed by atoms with E-state index in [0.29, 0.717) is 29.2 Å². The molecule has 3 aromatic rings. The zero-order valence-corrected chi connectivity index (χ0v) is 19.7. The molecule has 0 amide bonds. The van der Waals surface area contributed by atoms with E-state index in [1.54, 1.807) is 36.4 Å². The molecule has 2 N–H and O–H groups in total. The molecule has 37 heavy (non-hydrogen) atoms. The number of fused-ring (bicyclic) bond motifs is 1. The molecule has 1 aliphatic rings. The Kier molecular flexibility index (Phi) is 7.06. The van der Waals surface area contributed by atoms with Gasteiger partial charge < -0.3 is 24.7 Å². The molecule has 0 radical (unpaired) electrons. The lowest BCUT2D eigenvalue weighted by Crippen LogP contribution is -2.21. The van der Waals surface area contributed by atoms with Gasteiger partial charge >= 0.3 is 5.97 Å². The van der Waals surface area contributed by atoms with Crippen molar-refractivity contribution in [2.75, 3.05) is 13.7 Å². The summed E-state index contributed by atoms with van der Waals surface area (Å²) in [6.45, 7) is 3.93. The maximum Gasteiger partial charge on any atom is 0.343 e. The summed E-state index contributed by atoms with van der Waals surface area (Å²) >= 11 is 0. The highest BCUT2D eigenvalue weighted by molar-refractivity contribution is 5.91. The van der Waals surface area contributed by atoms with Gasteiger partial charge in [0.15, 0.2) is 11.5 Å². The summed E-state index contributed by atoms with van der Waals surface area (Å²) in [7, 11) is 1.51. The van der Waals surface area contributed by atoms with E-state index in [9.17, 15) is 20.2 Å². The number of non-ortho nitro benzene ring substituents is 1. The highest BCUT2D eigenvalue weighted by atomic mass is 16.6. The van der Waals surface area contributed by atoms with Gasteiger partial charge in [0, 0.05) is 23.8 Å². The zero-order valence-electron chi connectivity index (χ0n) is 19.7. The molecule has 1 aliphatic heterocycles. The van der Waals surface area contributed by atoms with Crippen LogP contribution in [0.3, 0.4) is 0 Å². The lowest BCUT2D eigenvalue weighted by atomic mass is 9.83. The molecule has 0 bridgehead atoms. The number of allylic oxidation sites excluding steroid dienone is 1. The van der Waals surface area contributed by atoms with Gasteiger partial charge in [-0.05, 0) is 29.8 Å². The third-order valence-electron chi connectivity index (χ3n) is 5.57. The third-order valence-corrected chi connectivity index (χ3v) is 5.57. The van der Waals surface area contributed by atoms with E-state index in [1.165, 1.54) is 31.4 Å². The predicted molar refractivity (Wildman–Crippen MR) is 132 cm³/mol. The van der Waals surface area contributed by atoms with Gasteiger partial charge in [-0.15, -0.1) is 0 Å². The second-order valence-corrected chi connectivity index (χ2v) is 7.83. The maximum absolute atomic E-state index is 12.6. The fourth-order valence-corrected chi connectivity index (χ4v) is 3.89. The monoisotopic (exact) mass is 499 g/mol. The number of nitrogens with zero attached hydrogens (tertiary/aromatic N) is 2. The fraction of sp³-hybridized carbons (Fsp3) is 0.111. The topological polar surface area (TPSA) is 147 Å². The summed E-state index contributed by atoms with van der Waals surface area (Å²) in [5, 5.41) is 20.8. The average Bonchev–Trinajstić information content (AvgIpc) is 2.91. The number of ether oxygens (including phenoxy) is 4. The van der Waals surface area contributed by atoms with E-state index in [4.69, 9.17) is 24.7 Å². The van der Waals surface area contributed by atoms with Crippen molar-refractivity contribution in [3.63, 3.8) is 0 Å². The van der Waals surface area contributed by atoms with Crippen LogP contribution in [0.1, 0.15) is 27.4 Å². The molecule has 1 heterocycles. The smallest absolute Gasteiger partial charge is 0.343 e. The van der Waals surface area contributed by atoms with Gasteiger partial charge in [-0.1, -0.05) is 30.9 Å². The molecule has 0 saturated carbocycles. The molecular formula is C27H21N3O7. The molecule has 0 saturated heterocycles. The third kappa shape index (κ3) is 5.06. The van der Waals surface area contributed by atoms with Crippen LogP contribution in [0.4, 0.5) is 5.69 Å². The first-order chi connectivity index (χ1) is 17.9. The number of carbonyl (C=O) groups is 1. The molecule has 3 aromatic carbocycles. The summed E-state index contributed by atoms with van der Waals surface area (Å²) in [5.74, 6) is -0.0596. The first-order valence-electron chi connectivity index (χ1n) is 11.0. The Labute approximate surface area is 211 Å². The van der Waals surface area contributed by atoms with Crippen molar-refractivity contribution < 1.29 is 28.7 Å². The van der Waals surface area contributed by atoms with E-state index in [0.717, 1.165) is 6.07 Å². The summed E-state index contributed by atoms with van der Waals surface area (Å²) < 4.78 is 22.2. The van der Waals surface area contributed by atoms with E-state index in [1.807, 2.05) is 0 Å². The number of nitrogens with two attached hydrogens (primary N) is 1. The minimum atomic E-state index is -0.780. The first-order valence-corrected chi connectivity index (χ1v) is 11.0.